The lowest BCUT2D eigenvalue weighted by atomic mass is 10.0. The summed E-state index contributed by atoms with van der Waals surface area (Å²) in [6.45, 7) is 0. The van der Waals surface area contributed by atoms with Gasteiger partial charge in [0, 0.05) is 21.3 Å². The number of aliphatic carboxylic acids is 1. The summed E-state index contributed by atoms with van der Waals surface area (Å²) in [5, 5.41) is 18.2. The number of methoxy groups -OCH3 is 3. The predicted molar refractivity (Wildman–Crippen MR) is 52.1 cm³/mol. The van der Waals surface area contributed by atoms with Crippen LogP contribution in [0.4, 0.5) is 0 Å². The van der Waals surface area contributed by atoms with Crippen LogP contribution in [0.3, 0.4) is 0 Å². The number of hydrogen-bond donors (Lipinski definition) is 2. The van der Waals surface area contributed by atoms with Crippen LogP contribution in [0.2, 0.25) is 0 Å². The normalized spacial score (nSPS) is 20.9. The topological polar surface area (TPSA) is 102 Å². The van der Waals surface area contributed by atoms with Gasteiger partial charge in [-0.3, -0.25) is 0 Å². The van der Waals surface area contributed by atoms with E-state index in [2.05, 4.69) is 0 Å². The minimum atomic E-state index is -2.06. The standard InChI is InChI=1S/C9H16O7/c1-14-5(4-10)7(15-2)8(16-3)6(11)9(12)13/h4-8,11H,1-3H3,(H,12,13)/t5-,6-,7+,8+/m0/s1/i1D,2D,3D. The molecule has 0 aliphatic rings. The van der Waals surface area contributed by atoms with Gasteiger partial charge >= 0.3 is 5.97 Å². The highest BCUT2D eigenvalue weighted by Gasteiger charge is 2.38. The predicted octanol–water partition coefficient (Wildman–Crippen LogP) is -1.32. The van der Waals surface area contributed by atoms with Crippen LogP contribution >= 0.6 is 0 Å². The molecule has 0 bridgehead atoms. The third kappa shape index (κ3) is 3.53. The summed E-state index contributed by atoms with van der Waals surface area (Å²) < 4.78 is 35.0. The molecule has 0 saturated heterocycles. The molecular weight excluding hydrogens is 220 g/mol. The Kier molecular flexibility index (Phi) is 4.62. The summed E-state index contributed by atoms with van der Waals surface area (Å²) in [7, 11) is -1.92. The summed E-state index contributed by atoms with van der Waals surface area (Å²) in [5.41, 5.74) is 0. The third-order valence-electron chi connectivity index (χ3n) is 1.92. The van der Waals surface area contributed by atoms with Gasteiger partial charge in [0.15, 0.2) is 12.4 Å². The van der Waals surface area contributed by atoms with Crippen molar-refractivity contribution in [3.05, 3.63) is 0 Å². The van der Waals surface area contributed by atoms with Crippen LogP contribution in [0.15, 0.2) is 0 Å². The fraction of sp³-hybridized carbons (Fsp3) is 0.778. The highest BCUT2D eigenvalue weighted by molar-refractivity contribution is 5.73. The second kappa shape index (κ2) is 7.29. The molecule has 4 atom stereocenters. The molecular formula is C9H16O7. The van der Waals surface area contributed by atoms with Crippen LogP contribution in [0, 0.1) is 0 Å². The molecule has 0 radical (unpaired) electrons. The van der Waals surface area contributed by atoms with Crippen molar-refractivity contribution in [2.45, 2.75) is 24.4 Å². The summed E-state index contributed by atoms with van der Waals surface area (Å²) in [4.78, 5) is 21.6. The van der Waals surface area contributed by atoms with Crippen molar-refractivity contribution >= 4 is 12.3 Å². The smallest absolute Gasteiger partial charge is 0.335 e. The minimum absolute atomic E-state index is 0.254. The van der Waals surface area contributed by atoms with Gasteiger partial charge in [0.1, 0.15) is 18.3 Å². The van der Waals surface area contributed by atoms with Gasteiger partial charge in [-0.05, 0) is 0 Å². The molecule has 0 saturated carbocycles. The number of rotatable bonds is 8. The molecule has 0 amide bonds. The lowest BCUT2D eigenvalue weighted by Crippen LogP contribution is -2.50. The molecule has 0 aliphatic carbocycles. The van der Waals surface area contributed by atoms with Gasteiger partial charge < -0.3 is 29.2 Å². The number of aliphatic hydroxyl groups is 1. The van der Waals surface area contributed by atoms with Crippen LogP contribution in [0.1, 0.15) is 4.11 Å². The summed E-state index contributed by atoms with van der Waals surface area (Å²) in [5.74, 6) is -1.63. The third-order valence-corrected chi connectivity index (χ3v) is 1.92. The molecule has 0 aromatic carbocycles. The van der Waals surface area contributed by atoms with E-state index in [9.17, 15) is 14.7 Å². The molecule has 0 spiro atoms. The molecule has 0 aromatic heterocycles. The van der Waals surface area contributed by atoms with E-state index >= 15 is 0 Å². The van der Waals surface area contributed by atoms with Crippen molar-refractivity contribution in [1.82, 2.24) is 0 Å². The SMILES string of the molecule is [2H]CO[C@@H]([C@H](OC[2H])[C@H](O)C(=O)O)[C@H](C=O)OC[2H]. The summed E-state index contributed by atoms with van der Waals surface area (Å²) >= 11 is 0. The average molecular weight is 239 g/mol. The monoisotopic (exact) mass is 239 g/mol. The van der Waals surface area contributed by atoms with Gasteiger partial charge in [-0.2, -0.15) is 0 Å². The van der Waals surface area contributed by atoms with E-state index < -0.39 is 51.6 Å². The van der Waals surface area contributed by atoms with Crippen molar-refractivity contribution in [2.75, 3.05) is 21.3 Å². The first-order chi connectivity index (χ1) is 9.03. The van der Waals surface area contributed by atoms with Crippen LogP contribution in [0.25, 0.3) is 0 Å². The van der Waals surface area contributed by atoms with Gasteiger partial charge in [0.05, 0.1) is 4.11 Å². The van der Waals surface area contributed by atoms with Gasteiger partial charge in [0.25, 0.3) is 0 Å². The second-order valence-corrected chi connectivity index (χ2v) is 2.81. The molecule has 0 heterocycles. The summed E-state index contributed by atoms with van der Waals surface area (Å²) in [6, 6.07) is 0. The number of carbonyl (C=O) groups excluding carboxylic acids is 1. The molecule has 0 rings (SSSR count). The van der Waals surface area contributed by atoms with E-state index in [1.807, 2.05) is 0 Å². The first kappa shape index (κ1) is 10.2. The van der Waals surface area contributed by atoms with E-state index in [0.29, 0.717) is 0 Å². The van der Waals surface area contributed by atoms with Crippen molar-refractivity contribution in [1.29, 1.82) is 0 Å². The molecule has 0 fully saturated rings. The van der Waals surface area contributed by atoms with Gasteiger partial charge in [-0.25, -0.2) is 4.79 Å². The Morgan fingerprint density at radius 3 is 2.25 bits per heavy atom. The highest BCUT2D eigenvalue weighted by atomic mass is 16.6. The molecule has 7 nitrogen and oxygen atoms in total. The molecule has 94 valence electrons. The van der Waals surface area contributed by atoms with E-state index in [-0.39, 0.29) is 6.29 Å². The van der Waals surface area contributed by atoms with Crippen LogP contribution in [-0.4, -0.2) is 68.1 Å². The zero-order valence-corrected chi connectivity index (χ0v) is 8.44. The lowest BCUT2D eigenvalue weighted by Gasteiger charge is -2.29. The molecule has 16 heavy (non-hydrogen) atoms. The van der Waals surface area contributed by atoms with Gasteiger partial charge in [0.2, 0.25) is 0 Å². The summed E-state index contributed by atoms with van der Waals surface area (Å²) in [6.07, 6.45) is -6.16. The first-order valence-electron chi connectivity index (χ1n) is 6.24. The Bertz CT molecular complexity index is 279. The zero-order chi connectivity index (χ0) is 14.8. The maximum Gasteiger partial charge on any atom is 0.335 e. The molecule has 0 aromatic rings. The maximum absolute atomic E-state index is 10.8. The van der Waals surface area contributed by atoms with E-state index in [4.69, 9.17) is 23.4 Å². The Morgan fingerprint density at radius 2 is 1.81 bits per heavy atom. The van der Waals surface area contributed by atoms with E-state index in [0.717, 1.165) is 0 Å². The Labute approximate surface area is 97.1 Å². The number of aldehydes is 1. The number of carboxylic acid groups (broad SMARTS) is 1. The van der Waals surface area contributed by atoms with Crippen LogP contribution < -0.4 is 0 Å². The number of carboxylic acids is 1. The lowest BCUT2D eigenvalue weighted by molar-refractivity contribution is -0.173. The Balaban J connectivity index is 5.12. The highest BCUT2D eigenvalue weighted by Crippen LogP contribution is 2.13. The maximum atomic E-state index is 10.8. The second-order valence-electron chi connectivity index (χ2n) is 2.81. The number of ether oxygens (including phenoxy) is 3. The number of hydrogen-bond acceptors (Lipinski definition) is 6. The average Bonchev–Trinajstić information content (AvgIpc) is 2.39. The fourth-order valence-corrected chi connectivity index (χ4v) is 1.09. The minimum Gasteiger partial charge on any atom is -0.479 e. The van der Waals surface area contributed by atoms with E-state index in [1.54, 1.807) is 0 Å². The number of aliphatic hydroxyl groups excluding tert-OH is 1. The van der Waals surface area contributed by atoms with E-state index in [1.165, 1.54) is 0 Å². The molecule has 0 unspecified atom stereocenters. The van der Waals surface area contributed by atoms with Crippen molar-refractivity contribution < 1.29 is 38.1 Å². The molecule has 2 N–H and O–H groups in total. The van der Waals surface area contributed by atoms with Crippen LogP contribution in [-0.2, 0) is 23.8 Å². The first-order valence-corrected chi connectivity index (χ1v) is 4.12. The fourth-order valence-electron chi connectivity index (χ4n) is 1.09. The van der Waals surface area contributed by atoms with Gasteiger partial charge in [-0.1, -0.05) is 0 Å². The zero-order valence-electron chi connectivity index (χ0n) is 11.4. The van der Waals surface area contributed by atoms with Crippen molar-refractivity contribution in [3.63, 3.8) is 0 Å². The largest absolute Gasteiger partial charge is 0.479 e. The Morgan fingerprint density at radius 1 is 1.25 bits per heavy atom. The van der Waals surface area contributed by atoms with Crippen LogP contribution in [0.5, 0.6) is 0 Å². The van der Waals surface area contributed by atoms with Crippen molar-refractivity contribution in [3.8, 4) is 0 Å². The van der Waals surface area contributed by atoms with Gasteiger partial charge in [-0.15, -0.1) is 0 Å². The number of carbonyl (C=O) groups is 2. The quantitative estimate of drug-likeness (QED) is 0.506. The molecule has 7 heteroatoms. The molecule has 0 aliphatic heterocycles. The Hall–Kier alpha value is -1.02. The van der Waals surface area contributed by atoms with Crippen molar-refractivity contribution in [2.24, 2.45) is 0 Å².